The van der Waals surface area contributed by atoms with Gasteiger partial charge in [-0.1, -0.05) is 0 Å². The smallest absolute Gasteiger partial charge is 0.339 e. The first-order valence-electron chi connectivity index (χ1n) is 5.48. The number of amides is 1. The van der Waals surface area contributed by atoms with Gasteiger partial charge in [0.1, 0.15) is 11.9 Å². The second-order valence-corrected chi connectivity index (χ2v) is 3.96. The van der Waals surface area contributed by atoms with Gasteiger partial charge in [0.2, 0.25) is 5.91 Å². The summed E-state index contributed by atoms with van der Waals surface area (Å²) in [5.74, 6) is -1.00. The van der Waals surface area contributed by atoms with Crippen molar-refractivity contribution in [1.82, 2.24) is 14.9 Å². The molecule has 1 aromatic rings. The van der Waals surface area contributed by atoms with E-state index in [0.29, 0.717) is 18.7 Å². The van der Waals surface area contributed by atoms with Crippen LogP contribution in [-0.4, -0.2) is 38.4 Å². The van der Waals surface area contributed by atoms with Crippen LogP contribution in [0.4, 0.5) is 0 Å². The first-order chi connectivity index (χ1) is 8.18. The molecule has 1 aliphatic heterocycles. The van der Waals surface area contributed by atoms with E-state index in [1.807, 2.05) is 0 Å². The van der Waals surface area contributed by atoms with Crippen LogP contribution < -0.4 is 0 Å². The summed E-state index contributed by atoms with van der Waals surface area (Å²) in [6.07, 6.45) is 4.97. The molecule has 0 radical (unpaired) electrons. The van der Waals surface area contributed by atoms with Crippen molar-refractivity contribution in [3.05, 3.63) is 23.8 Å². The van der Waals surface area contributed by atoms with Crippen LogP contribution >= 0.6 is 0 Å². The molecule has 6 nitrogen and oxygen atoms in total. The quantitative estimate of drug-likeness (QED) is 0.833. The van der Waals surface area contributed by atoms with Gasteiger partial charge in [-0.3, -0.25) is 4.79 Å². The molecule has 90 valence electrons. The van der Waals surface area contributed by atoms with Crippen molar-refractivity contribution in [3.63, 3.8) is 0 Å². The van der Waals surface area contributed by atoms with Gasteiger partial charge in [0, 0.05) is 19.2 Å². The van der Waals surface area contributed by atoms with Crippen LogP contribution in [0.2, 0.25) is 0 Å². The number of hydrogen-bond acceptors (Lipinski definition) is 4. The summed E-state index contributed by atoms with van der Waals surface area (Å²) < 4.78 is 0. The molecule has 2 heterocycles. The Hall–Kier alpha value is -1.98. The van der Waals surface area contributed by atoms with Gasteiger partial charge in [-0.15, -0.1) is 0 Å². The Morgan fingerprint density at radius 3 is 3.00 bits per heavy atom. The molecule has 1 saturated heterocycles. The highest BCUT2D eigenvalue weighted by atomic mass is 16.4. The van der Waals surface area contributed by atoms with Crippen LogP contribution in [0.5, 0.6) is 0 Å². The van der Waals surface area contributed by atoms with Gasteiger partial charge in [0.15, 0.2) is 0 Å². The lowest BCUT2D eigenvalue weighted by Gasteiger charge is -2.26. The maximum atomic E-state index is 11.6. The second-order valence-electron chi connectivity index (χ2n) is 3.96. The predicted octanol–water partition coefficient (Wildman–Crippen LogP) is 0.687. The molecule has 2 rings (SSSR count). The lowest BCUT2D eigenvalue weighted by atomic mass is 10.1. The minimum atomic E-state index is -1.06. The Morgan fingerprint density at radius 2 is 2.29 bits per heavy atom. The monoisotopic (exact) mass is 235 g/mol. The third-order valence-corrected chi connectivity index (χ3v) is 2.79. The molecular formula is C11H13N3O3. The van der Waals surface area contributed by atoms with Crippen molar-refractivity contribution in [3.8, 4) is 0 Å². The number of piperidine rings is 1. The van der Waals surface area contributed by atoms with Crippen LogP contribution in [0.25, 0.3) is 0 Å². The fourth-order valence-electron chi connectivity index (χ4n) is 1.87. The minimum absolute atomic E-state index is 0.0610. The van der Waals surface area contributed by atoms with Crippen molar-refractivity contribution in [2.75, 3.05) is 6.54 Å². The van der Waals surface area contributed by atoms with Crippen LogP contribution in [0.15, 0.2) is 12.5 Å². The first kappa shape index (κ1) is 11.5. The summed E-state index contributed by atoms with van der Waals surface area (Å²) in [7, 11) is 0. The number of carboxylic acids is 1. The average Bonchev–Trinajstić information content (AvgIpc) is 2.32. The zero-order valence-corrected chi connectivity index (χ0v) is 9.30. The van der Waals surface area contributed by atoms with Gasteiger partial charge in [0.05, 0.1) is 12.2 Å². The summed E-state index contributed by atoms with van der Waals surface area (Å²) in [4.78, 5) is 31.9. The summed E-state index contributed by atoms with van der Waals surface area (Å²) in [6, 6.07) is 0. The van der Waals surface area contributed by atoms with E-state index < -0.39 is 5.97 Å². The van der Waals surface area contributed by atoms with Gasteiger partial charge >= 0.3 is 5.97 Å². The van der Waals surface area contributed by atoms with Gasteiger partial charge < -0.3 is 10.0 Å². The average molecular weight is 235 g/mol. The number of carbonyl (C=O) groups is 2. The van der Waals surface area contributed by atoms with Gasteiger partial charge in [-0.2, -0.15) is 0 Å². The summed E-state index contributed by atoms with van der Waals surface area (Å²) in [6.45, 7) is 0.922. The maximum absolute atomic E-state index is 11.6. The molecule has 0 bridgehead atoms. The molecule has 0 saturated carbocycles. The number of aromatic carboxylic acids is 1. The van der Waals surface area contributed by atoms with Crippen molar-refractivity contribution < 1.29 is 14.7 Å². The van der Waals surface area contributed by atoms with Crippen molar-refractivity contribution in [1.29, 1.82) is 0 Å². The van der Waals surface area contributed by atoms with Gasteiger partial charge in [-0.05, 0) is 12.8 Å². The Bertz CT molecular complexity index is 447. The molecule has 6 heteroatoms. The Morgan fingerprint density at radius 1 is 1.47 bits per heavy atom. The zero-order valence-electron chi connectivity index (χ0n) is 9.30. The Kier molecular flexibility index (Phi) is 3.32. The number of rotatable bonds is 3. The highest BCUT2D eigenvalue weighted by Crippen LogP contribution is 2.15. The normalized spacial score (nSPS) is 16.0. The van der Waals surface area contributed by atoms with Crippen LogP contribution in [-0.2, 0) is 11.3 Å². The molecule has 0 spiro atoms. The summed E-state index contributed by atoms with van der Waals surface area (Å²) in [5.41, 5.74) is 0.452. The fraction of sp³-hybridized carbons (Fsp3) is 0.455. The van der Waals surface area contributed by atoms with E-state index in [9.17, 15) is 9.59 Å². The second kappa shape index (κ2) is 4.90. The number of aromatic nitrogens is 2. The molecule has 1 aromatic heterocycles. The van der Waals surface area contributed by atoms with Gasteiger partial charge in [0.25, 0.3) is 0 Å². The lowest BCUT2D eigenvalue weighted by molar-refractivity contribution is -0.133. The molecule has 0 unspecified atom stereocenters. The predicted molar refractivity (Wildman–Crippen MR) is 58.3 cm³/mol. The molecule has 1 aliphatic rings. The highest BCUT2D eigenvalue weighted by molar-refractivity contribution is 5.88. The number of carbonyl (C=O) groups excluding carboxylic acids is 1. The van der Waals surface area contributed by atoms with E-state index in [-0.39, 0.29) is 18.0 Å². The maximum Gasteiger partial charge on any atom is 0.339 e. The van der Waals surface area contributed by atoms with Gasteiger partial charge in [-0.25, -0.2) is 14.8 Å². The third-order valence-electron chi connectivity index (χ3n) is 2.79. The van der Waals surface area contributed by atoms with E-state index >= 15 is 0 Å². The molecule has 0 aliphatic carbocycles. The zero-order chi connectivity index (χ0) is 12.3. The van der Waals surface area contributed by atoms with E-state index in [1.165, 1.54) is 12.5 Å². The molecule has 17 heavy (non-hydrogen) atoms. The van der Waals surface area contributed by atoms with Crippen LogP contribution in [0.3, 0.4) is 0 Å². The largest absolute Gasteiger partial charge is 0.478 e. The SMILES string of the molecule is O=C(O)c1cncnc1CN1CCCCC1=O. The van der Waals surface area contributed by atoms with E-state index in [0.717, 1.165) is 12.8 Å². The van der Waals surface area contributed by atoms with Crippen LogP contribution in [0, 0.1) is 0 Å². The van der Waals surface area contributed by atoms with E-state index in [2.05, 4.69) is 9.97 Å². The number of nitrogens with zero attached hydrogens (tertiary/aromatic N) is 3. The number of likely N-dealkylation sites (tertiary alicyclic amines) is 1. The number of carboxylic acid groups (broad SMARTS) is 1. The summed E-state index contributed by atoms with van der Waals surface area (Å²) in [5, 5.41) is 8.98. The molecule has 0 atom stereocenters. The standard InChI is InChI=1S/C11H13N3O3/c15-10-3-1-2-4-14(10)6-9-8(11(16)17)5-12-7-13-9/h5,7H,1-4,6H2,(H,16,17). The van der Waals surface area contributed by atoms with Crippen LogP contribution in [0.1, 0.15) is 35.3 Å². The fourth-order valence-corrected chi connectivity index (χ4v) is 1.87. The number of hydrogen-bond donors (Lipinski definition) is 1. The topological polar surface area (TPSA) is 83.4 Å². The molecule has 0 aromatic carbocycles. The molecule has 1 fully saturated rings. The third kappa shape index (κ3) is 2.58. The lowest BCUT2D eigenvalue weighted by Crippen LogP contribution is -2.35. The highest BCUT2D eigenvalue weighted by Gasteiger charge is 2.21. The van der Waals surface area contributed by atoms with E-state index in [4.69, 9.17) is 5.11 Å². The minimum Gasteiger partial charge on any atom is -0.478 e. The molecule has 1 amide bonds. The Balaban J connectivity index is 2.17. The molecule has 1 N–H and O–H groups in total. The van der Waals surface area contributed by atoms with Crippen molar-refractivity contribution >= 4 is 11.9 Å². The Labute approximate surface area is 98.3 Å². The molecular weight excluding hydrogens is 222 g/mol. The van der Waals surface area contributed by atoms with E-state index in [1.54, 1.807) is 4.90 Å². The van der Waals surface area contributed by atoms with Crippen molar-refractivity contribution in [2.24, 2.45) is 0 Å². The van der Waals surface area contributed by atoms with Crippen molar-refractivity contribution in [2.45, 2.75) is 25.8 Å². The summed E-state index contributed by atoms with van der Waals surface area (Å²) >= 11 is 0. The first-order valence-corrected chi connectivity index (χ1v) is 5.48.